The average Bonchev–Trinajstić information content (AvgIpc) is 2.67. The Hall–Kier alpha value is -2.98. The lowest BCUT2D eigenvalue weighted by Gasteiger charge is -2.12. The van der Waals surface area contributed by atoms with Crippen LogP contribution >= 0.6 is 12.4 Å². The van der Waals surface area contributed by atoms with E-state index in [0.717, 1.165) is 51.1 Å². The third-order valence-electron chi connectivity index (χ3n) is 4.62. The molecule has 0 aliphatic rings. The molecule has 0 bridgehead atoms. The highest BCUT2D eigenvalue weighted by molar-refractivity contribution is 5.95. The Bertz CT molecular complexity index is 1110. The minimum Gasteiger partial charge on any atom is -0.384 e. The predicted molar refractivity (Wildman–Crippen MR) is 114 cm³/mol. The Morgan fingerprint density at radius 3 is 2.44 bits per heavy atom. The first-order valence-corrected chi connectivity index (χ1v) is 8.75. The van der Waals surface area contributed by atoms with Gasteiger partial charge in [0.05, 0.1) is 16.9 Å². The van der Waals surface area contributed by atoms with Gasteiger partial charge in [0, 0.05) is 34.0 Å². The third kappa shape index (κ3) is 3.49. The van der Waals surface area contributed by atoms with Gasteiger partial charge in [0.25, 0.3) is 0 Å². The molecule has 136 valence electrons. The summed E-state index contributed by atoms with van der Waals surface area (Å²) in [6, 6.07) is 18.3. The molecule has 0 saturated heterocycles. The van der Waals surface area contributed by atoms with E-state index in [1.54, 1.807) is 6.20 Å². The molecule has 0 saturated carbocycles. The molecule has 5 heteroatoms. The number of pyridine rings is 3. The number of nitrogens with zero attached hydrogens (tertiary/aromatic N) is 3. The summed E-state index contributed by atoms with van der Waals surface area (Å²) in [6.07, 6.45) is 2.62. The van der Waals surface area contributed by atoms with Crippen molar-refractivity contribution in [2.45, 2.75) is 20.3 Å². The highest BCUT2D eigenvalue weighted by atomic mass is 35.5. The highest BCUT2D eigenvalue weighted by Gasteiger charge is 2.12. The number of fused-ring (bicyclic) bond motifs is 1. The van der Waals surface area contributed by atoms with E-state index in [9.17, 15) is 0 Å². The Balaban J connectivity index is 0.00000210. The zero-order chi connectivity index (χ0) is 18.1. The van der Waals surface area contributed by atoms with Gasteiger partial charge >= 0.3 is 0 Å². The number of nitrogens with two attached hydrogens (primary N) is 1. The molecular weight excluding hydrogens is 356 g/mol. The summed E-state index contributed by atoms with van der Waals surface area (Å²) in [5, 5.41) is 1.10. The van der Waals surface area contributed by atoms with Crippen molar-refractivity contribution in [3.05, 3.63) is 72.2 Å². The molecule has 4 aromatic rings. The second kappa shape index (κ2) is 7.72. The van der Waals surface area contributed by atoms with E-state index in [0.29, 0.717) is 5.82 Å². The number of hydrogen-bond acceptors (Lipinski definition) is 4. The molecule has 0 unspecified atom stereocenters. The number of nitrogen functional groups attached to an aromatic ring is 1. The van der Waals surface area contributed by atoms with Crippen molar-refractivity contribution in [2.75, 3.05) is 5.73 Å². The molecule has 0 fully saturated rings. The second-order valence-electron chi connectivity index (χ2n) is 6.29. The molecule has 2 N–H and O–H groups in total. The van der Waals surface area contributed by atoms with Gasteiger partial charge in [-0.1, -0.05) is 31.2 Å². The predicted octanol–water partition coefficient (Wildman–Crippen LogP) is 5.23. The number of hydrogen-bond donors (Lipinski definition) is 1. The zero-order valence-corrected chi connectivity index (χ0v) is 16.1. The lowest BCUT2D eigenvalue weighted by atomic mass is 9.98. The molecule has 0 radical (unpaired) electrons. The molecule has 0 aliphatic heterocycles. The maximum absolute atomic E-state index is 5.88. The summed E-state index contributed by atoms with van der Waals surface area (Å²) < 4.78 is 0. The Morgan fingerprint density at radius 1 is 0.852 bits per heavy atom. The Labute approximate surface area is 164 Å². The molecule has 0 aliphatic carbocycles. The van der Waals surface area contributed by atoms with Crippen molar-refractivity contribution < 1.29 is 0 Å². The number of anilines is 1. The first kappa shape index (κ1) is 18.8. The van der Waals surface area contributed by atoms with Gasteiger partial charge < -0.3 is 5.73 Å². The van der Waals surface area contributed by atoms with Gasteiger partial charge in [-0.25, -0.2) is 9.97 Å². The van der Waals surface area contributed by atoms with Gasteiger partial charge in [-0.3, -0.25) is 4.98 Å². The fourth-order valence-corrected chi connectivity index (χ4v) is 3.30. The van der Waals surface area contributed by atoms with Crippen LogP contribution in [0.4, 0.5) is 5.82 Å². The number of aromatic nitrogens is 3. The minimum atomic E-state index is 0. The van der Waals surface area contributed by atoms with Gasteiger partial charge in [-0.2, -0.15) is 0 Å². The van der Waals surface area contributed by atoms with Crippen LogP contribution in [0, 0.1) is 6.92 Å². The topological polar surface area (TPSA) is 64.7 Å². The molecular formula is C22H21ClN4. The highest BCUT2D eigenvalue weighted by Crippen LogP contribution is 2.32. The van der Waals surface area contributed by atoms with Crippen molar-refractivity contribution >= 4 is 29.1 Å². The molecule has 27 heavy (non-hydrogen) atoms. The molecule has 0 amide bonds. The maximum Gasteiger partial charge on any atom is 0.123 e. The van der Waals surface area contributed by atoms with Gasteiger partial charge in [-0.05, 0) is 43.7 Å². The maximum atomic E-state index is 5.88. The van der Waals surface area contributed by atoms with E-state index in [4.69, 9.17) is 10.7 Å². The Morgan fingerprint density at radius 2 is 1.67 bits per heavy atom. The number of aryl methyl sites for hydroxylation is 2. The fourth-order valence-electron chi connectivity index (χ4n) is 3.30. The molecule has 0 atom stereocenters. The smallest absolute Gasteiger partial charge is 0.123 e. The van der Waals surface area contributed by atoms with Crippen LogP contribution in [0.15, 0.2) is 60.8 Å². The van der Waals surface area contributed by atoms with E-state index in [2.05, 4.69) is 53.3 Å². The third-order valence-corrected chi connectivity index (χ3v) is 4.62. The average molecular weight is 377 g/mol. The number of rotatable bonds is 3. The van der Waals surface area contributed by atoms with E-state index in [1.807, 2.05) is 25.1 Å². The second-order valence-corrected chi connectivity index (χ2v) is 6.29. The summed E-state index contributed by atoms with van der Waals surface area (Å²) >= 11 is 0. The molecule has 3 aromatic heterocycles. The van der Waals surface area contributed by atoms with Crippen LogP contribution in [0.1, 0.15) is 18.3 Å². The number of benzene rings is 1. The van der Waals surface area contributed by atoms with Gasteiger partial charge in [0.2, 0.25) is 0 Å². The van der Waals surface area contributed by atoms with E-state index < -0.39 is 0 Å². The van der Waals surface area contributed by atoms with Crippen molar-refractivity contribution in [1.29, 1.82) is 0 Å². The SMILES string of the molecule is CCc1nc(N)ccc1-c1cccc2ccc(-c3cccnc3C)nc12.Cl. The molecule has 1 aromatic carbocycles. The van der Waals surface area contributed by atoms with Crippen LogP contribution in [0.5, 0.6) is 0 Å². The van der Waals surface area contributed by atoms with Gasteiger partial charge in [-0.15, -0.1) is 12.4 Å². The van der Waals surface area contributed by atoms with Gasteiger partial charge in [0.1, 0.15) is 5.82 Å². The first-order chi connectivity index (χ1) is 12.7. The van der Waals surface area contributed by atoms with E-state index in [1.165, 1.54) is 0 Å². The van der Waals surface area contributed by atoms with Crippen LogP contribution in [-0.4, -0.2) is 15.0 Å². The first-order valence-electron chi connectivity index (χ1n) is 8.75. The van der Waals surface area contributed by atoms with Gasteiger partial charge in [0.15, 0.2) is 0 Å². The van der Waals surface area contributed by atoms with Crippen LogP contribution < -0.4 is 5.73 Å². The molecule has 0 spiro atoms. The van der Waals surface area contributed by atoms with Crippen molar-refractivity contribution in [3.8, 4) is 22.4 Å². The summed E-state index contributed by atoms with van der Waals surface area (Å²) in [4.78, 5) is 13.9. The summed E-state index contributed by atoms with van der Waals surface area (Å²) in [5.41, 5.74) is 12.9. The quantitative estimate of drug-likeness (QED) is 0.531. The summed E-state index contributed by atoms with van der Waals surface area (Å²) in [7, 11) is 0. The van der Waals surface area contributed by atoms with Crippen LogP contribution in [0.2, 0.25) is 0 Å². The lowest BCUT2D eigenvalue weighted by Crippen LogP contribution is -1.98. The van der Waals surface area contributed by atoms with Crippen molar-refractivity contribution in [3.63, 3.8) is 0 Å². The molecule has 4 rings (SSSR count). The monoisotopic (exact) mass is 376 g/mol. The largest absolute Gasteiger partial charge is 0.384 e. The standard InChI is InChI=1S/C22H20N4.ClH/c1-3-19-17(10-12-21(23)25-19)18-7-4-6-15-9-11-20(26-22(15)18)16-8-5-13-24-14(16)2;/h4-13H,3H2,1-2H3,(H2,23,25);1H. The normalized spacial score (nSPS) is 10.6. The zero-order valence-electron chi connectivity index (χ0n) is 15.3. The van der Waals surface area contributed by atoms with E-state index >= 15 is 0 Å². The molecule has 3 heterocycles. The van der Waals surface area contributed by atoms with Crippen LogP contribution in [0.25, 0.3) is 33.3 Å². The summed E-state index contributed by atoms with van der Waals surface area (Å²) in [6.45, 7) is 4.10. The van der Waals surface area contributed by atoms with Crippen molar-refractivity contribution in [1.82, 2.24) is 15.0 Å². The lowest BCUT2D eigenvalue weighted by molar-refractivity contribution is 1.05. The minimum absolute atomic E-state index is 0. The molecule has 4 nitrogen and oxygen atoms in total. The summed E-state index contributed by atoms with van der Waals surface area (Å²) in [5.74, 6) is 0.547. The number of halogens is 1. The van der Waals surface area contributed by atoms with Crippen molar-refractivity contribution in [2.24, 2.45) is 0 Å². The van der Waals surface area contributed by atoms with E-state index in [-0.39, 0.29) is 12.4 Å². The Kier molecular flexibility index (Phi) is 5.38. The van der Waals surface area contributed by atoms with Crippen LogP contribution in [-0.2, 0) is 6.42 Å². The van der Waals surface area contributed by atoms with Crippen LogP contribution in [0.3, 0.4) is 0 Å². The number of para-hydroxylation sites is 1. The fraction of sp³-hybridized carbons (Fsp3) is 0.136.